The van der Waals surface area contributed by atoms with Crippen molar-refractivity contribution in [1.29, 1.82) is 0 Å². The fourth-order valence-electron chi connectivity index (χ4n) is 1.74. The maximum atomic E-state index is 5.18. The quantitative estimate of drug-likeness (QED) is 0.892. The summed E-state index contributed by atoms with van der Waals surface area (Å²) in [4.78, 5) is 0. The van der Waals surface area contributed by atoms with Gasteiger partial charge in [0.15, 0.2) is 0 Å². The summed E-state index contributed by atoms with van der Waals surface area (Å²) >= 11 is 3.57. The van der Waals surface area contributed by atoms with Gasteiger partial charge in [0, 0.05) is 29.0 Å². The highest BCUT2D eigenvalue weighted by Crippen LogP contribution is 2.27. The van der Waals surface area contributed by atoms with Crippen molar-refractivity contribution < 1.29 is 4.74 Å². The molecular formula is C13H16BrN3O. The lowest BCUT2D eigenvalue weighted by atomic mass is 10.1. The van der Waals surface area contributed by atoms with Crippen LogP contribution in [0.5, 0.6) is 5.75 Å². The number of benzene rings is 1. The molecule has 0 saturated heterocycles. The number of H-pyrrole nitrogens is 1. The summed E-state index contributed by atoms with van der Waals surface area (Å²) in [6.07, 6.45) is 1.75. The topological polar surface area (TPSA) is 49.9 Å². The SMILES string of the molecule is COc1ccc([C@@H](C)NCc2ccn[nH]2)c(Br)c1. The molecule has 1 atom stereocenters. The number of hydrogen-bond acceptors (Lipinski definition) is 3. The lowest BCUT2D eigenvalue weighted by molar-refractivity contribution is 0.414. The van der Waals surface area contributed by atoms with Crippen LogP contribution in [0.2, 0.25) is 0 Å². The predicted octanol–water partition coefficient (Wildman–Crippen LogP) is 3.03. The van der Waals surface area contributed by atoms with Crippen LogP contribution in [0, 0.1) is 0 Å². The fraction of sp³-hybridized carbons (Fsp3) is 0.308. The van der Waals surface area contributed by atoms with E-state index in [1.54, 1.807) is 13.3 Å². The van der Waals surface area contributed by atoms with Crippen molar-refractivity contribution in [2.45, 2.75) is 19.5 Å². The third-order valence-electron chi connectivity index (χ3n) is 2.83. The predicted molar refractivity (Wildman–Crippen MR) is 74.5 cm³/mol. The summed E-state index contributed by atoms with van der Waals surface area (Å²) in [5.41, 5.74) is 2.28. The van der Waals surface area contributed by atoms with E-state index in [1.165, 1.54) is 5.56 Å². The van der Waals surface area contributed by atoms with E-state index in [-0.39, 0.29) is 6.04 Å². The number of aromatic nitrogens is 2. The molecule has 0 aliphatic heterocycles. The molecule has 5 heteroatoms. The number of halogens is 1. The number of ether oxygens (including phenoxy) is 1. The number of nitrogens with one attached hydrogen (secondary N) is 2. The number of methoxy groups -OCH3 is 1. The average Bonchev–Trinajstić information content (AvgIpc) is 2.88. The molecule has 0 fully saturated rings. The molecule has 2 aromatic rings. The third kappa shape index (κ3) is 3.11. The number of aromatic amines is 1. The molecule has 1 heterocycles. The highest BCUT2D eigenvalue weighted by molar-refractivity contribution is 9.10. The second kappa shape index (κ2) is 6.02. The molecule has 2 rings (SSSR count). The van der Waals surface area contributed by atoms with Crippen LogP contribution in [0.1, 0.15) is 24.2 Å². The number of hydrogen-bond donors (Lipinski definition) is 2. The maximum Gasteiger partial charge on any atom is 0.120 e. The van der Waals surface area contributed by atoms with Crippen molar-refractivity contribution in [3.63, 3.8) is 0 Å². The van der Waals surface area contributed by atoms with Gasteiger partial charge in [-0.2, -0.15) is 5.10 Å². The summed E-state index contributed by atoms with van der Waals surface area (Å²) in [6, 6.07) is 8.21. The second-order valence-electron chi connectivity index (χ2n) is 4.07. The molecule has 0 radical (unpaired) electrons. The minimum Gasteiger partial charge on any atom is -0.497 e. The van der Waals surface area contributed by atoms with Gasteiger partial charge < -0.3 is 10.1 Å². The zero-order valence-corrected chi connectivity index (χ0v) is 12.0. The Kier molecular flexibility index (Phi) is 4.38. The van der Waals surface area contributed by atoms with E-state index in [2.05, 4.69) is 44.4 Å². The third-order valence-corrected chi connectivity index (χ3v) is 3.52. The molecule has 4 nitrogen and oxygen atoms in total. The first-order chi connectivity index (χ1) is 8.70. The van der Waals surface area contributed by atoms with Gasteiger partial charge in [0.1, 0.15) is 5.75 Å². The van der Waals surface area contributed by atoms with Gasteiger partial charge in [0.05, 0.1) is 7.11 Å². The molecule has 0 aliphatic carbocycles. The minimum absolute atomic E-state index is 0.244. The van der Waals surface area contributed by atoms with E-state index in [0.29, 0.717) is 0 Å². The molecule has 0 aliphatic rings. The Morgan fingerprint density at radius 1 is 1.44 bits per heavy atom. The molecular weight excluding hydrogens is 294 g/mol. The van der Waals surface area contributed by atoms with Gasteiger partial charge in [0.25, 0.3) is 0 Å². The van der Waals surface area contributed by atoms with Gasteiger partial charge in [-0.3, -0.25) is 5.10 Å². The summed E-state index contributed by atoms with van der Waals surface area (Å²) in [7, 11) is 1.67. The lowest BCUT2D eigenvalue weighted by Crippen LogP contribution is -2.18. The number of rotatable bonds is 5. The molecule has 96 valence electrons. The van der Waals surface area contributed by atoms with E-state index < -0.39 is 0 Å². The normalized spacial score (nSPS) is 12.4. The summed E-state index contributed by atoms with van der Waals surface area (Å²) in [5.74, 6) is 0.853. The van der Waals surface area contributed by atoms with Gasteiger partial charge >= 0.3 is 0 Å². The monoisotopic (exact) mass is 309 g/mol. The average molecular weight is 310 g/mol. The molecule has 2 N–H and O–H groups in total. The van der Waals surface area contributed by atoms with Gasteiger partial charge in [-0.25, -0.2) is 0 Å². The smallest absolute Gasteiger partial charge is 0.120 e. The Morgan fingerprint density at radius 2 is 2.28 bits per heavy atom. The summed E-state index contributed by atoms with van der Waals surface area (Å²) in [6.45, 7) is 2.89. The van der Waals surface area contributed by atoms with E-state index in [4.69, 9.17) is 4.74 Å². The Morgan fingerprint density at radius 3 is 2.89 bits per heavy atom. The standard InChI is InChI=1S/C13H16BrN3O/c1-9(15-8-10-5-6-16-17-10)12-4-3-11(18-2)7-13(12)14/h3-7,9,15H,8H2,1-2H3,(H,16,17)/t9-/m1/s1. The van der Waals surface area contributed by atoms with Crippen LogP contribution < -0.4 is 10.1 Å². The zero-order valence-electron chi connectivity index (χ0n) is 10.4. The van der Waals surface area contributed by atoms with E-state index >= 15 is 0 Å². The van der Waals surface area contributed by atoms with Crippen molar-refractivity contribution in [2.24, 2.45) is 0 Å². The van der Waals surface area contributed by atoms with Crippen molar-refractivity contribution in [2.75, 3.05) is 7.11 Å². The Balaban J connectivity index is 2.02. The first-order valence-electron chi connectivity index (χ1n) is 5.76. The Labute approximate surface area is 115 Å². The zero-order chi connectivity index (χ0) is 13.0. The van der Waals surface area contributed by atoms with Crippen LogP contribution in [0.3, 0.4) is 0 Å². The van der Waals surface area contributed by atoms with Crippen molar-refractivity contribution >= 4 is 15.9 Å². The molecule has 1 aromatic heterocycles. The highest BCUT2D eigenvalue weighted by Gasteiger charge is 2.10. The van der Waals surface area contributed by atoms with E-state index in [0.717, 1.165) is 22.5 Å². The number of nitrogens with zero attached hydrogens (tertiary/aromatic N) is 1. The maximum absolute atomic E-state index is 5.18. The first kappa shape index (κ1) is 13.1. The molecule has 1 aromatic carbocycles. The van der Waals surface area contributed by atoms with Crippen LogP contribution in [0.4, 0.5) is 0 Å². The molecule has 18 heavy (non-hydrogen) atoms. The first-order valence-corrected chi connectivity index (χ1v) is 6.55. The molecule has 0 unspecified atom stereocenters. The Hall–Kier alpha value is -1.33. The fourth-order valence-corrected chi connectivity index (χ4v) is 2.44. The summed E-state index contributed by atoms with van der Waals surface area (Å²) < 4.78 is 6.23. The summed E-state index contributed by atoms with van der Waals surface area (Å²) in [5, 5.41) is 10.3. The van der Waals surface area contributed by atoms with Crippen molar-refractivity contribution in [3.8, 4) is 5.75 Å². The van der Waals surface area contributed by atoms with Crippen molar-refractivity contribution in [1.82, 2.24) is 15.5 Å². The van der Waals surface area contributed by atoms with Gasteiger partial charge in [-0.05, 0) is 30.7 Å². The van der Waals surface area contributed by atoms with Gasteiger partial charge in [-0.15, -0.1) is 0 Å². The molecule has 0 amide bonds. The van der Waals surface area contributed by atoms with E-state index in [1.807, 2.05) is 18.2 Å². The van der Waals surface area contributed by atoms with Crippen LogP contribution in [0.25, 0.3) is 0 Å². The minimum atomic E-state index is 0.244. The molecule has 0 saturated carbocycles. The van der Waals surface area contributed by atoms with Crippen LogP contribution in [-0.4, -0.2) is 17.3 Å². The Bertz CT molecular complexity index is 499. The molecule has 0 bridgehead atoms. The highest BCUT2D eigenvalue weighted by atomic mass is 79.9. The lowest BCUT2D eigenvalue weighted by Gasteiger charge is -2.16. The second-order valence-corrected chi connectivity index (χ2v) is 4.93. The van der Waals surface area contributed by atoms with Crippen LogP contribution in [-0.2, 0) is 6.54 Å². The molecule has 0 spiro atoms. The van der Waals surface area contributed by atoms with Crippen molar-refractivity contribution in [3.05, 3.63) is 46.2 Å². The van der Waals surface area contributed by atoms with Gasteiger partial charge in [0.2, 0.25) is 0 Å². The van der Waals surface area contributed by atoms with E-state index in [9.17, 15) is 0 Å². The largest absolute Gasteiger partial charge is 0.497 e. The van der Waals surface area contributed by atoms with Gasteiger partial charge in [-0.1, -0.05) is 22.0 Å². The van der Waals surface area contributed by atoms with Crippen LogP contribution >= 0.6 is 15.9 Å². The van der Waals surface area contributed by atoms with Crippen LogP contribution in [0.15, 0.2) is 34.9 Å².